The summed E-state index contributed by atoms with van der Waals surface area (Å²) in [5, 5.41) is -0.319. The van der Waals surface area contributed by atoms with E-state index in [1.165, 1.54) is 0 Å². The van der Waals surface area contributed by atoms with Crippen LogP contribution in [0.2, 0.25) is 5.02 Å². The summed E-state index contributed by atoms with van der Waals surface area (Å²) in [6.07, 6.45) is 4.44. The van der Waals surface area contributed by atoms with Gasteiger partial charge < -0.3 is 15.4 Å². The summed E-state index contributed by atoms with van der Waals surface area (Å²) >= 11 is 5.98. The summed E-state index contributed by atoms with van der Waals surface area (Å²) in [5.74, 6) is -1.01. The van der Waals surface area contributed by atoms with E-state index in [4.69, 9.17) is 22.1 Å². The fraction of sp³-hybridized carbons (Fsp3) is 0.423. The van der Waals surface area contributed by atoms with Crippen molar-refractivity contribution in [2.75, 3.05) is 25.9 Å². The Hall–Kier alpha value is -2.64. The molecule has 1 aromatic carbocycles. The van der Waals surface area contributed by atoms with Crippen LogP contribution in [-0.4, -0.2) is 47.0 Å². The van der Waals surface area contributed by atoms with Gasteiger partial charge in [-0.25, -0.2) is 13.8 Å². The first-order valence-electron chi connectivity index (χ1n) is 11.3. The van der Waals surface area contributed by atoms with Gasteiger partial charge in [0, 0.05) is 55.7 Å². The number of allylic oxidation sites excluding steroid dienone is 2. The van der Waals surface area contributed by atoms with E-state index >= 15 is 0 Å². The number of rotatable bonds is 11. The Bertz CT molecular complexity index is 1020. The van der Waals surface area contributed by atoms with Crippen LogP contribution < -0.4 is 10.5 Å². The summed E-state index contributed by atoms with van der Waals surface area (Å²) in [6.45, 7) is 16.0. The van der Waals surface area contributed by atoms with Crippen LogP contribution in [-0.2, 0) is 0 Å². The molecular formula is C26H35ClF2N4O. The number of ether oxygens (including phenoxy) is 1. The van der Waals surface area contributed by atoms with Crippen molar-refractivity contribution in [3.8, 4) is 5.75 Å². The maximum atomic E-state index is 14.3. The molecule has 0 saturated carbocycles. The van der Waals surface area contributed by atoms with Crippen molar-refractivity contribution >= 4 is 23.0 Å². The Labute approximate surface area is 206 Å². The van der Waals surface area contributed by atoms with E-state index in [-0.39, 0.29) is 22.2 Å². The second-order valence-electron chi connectivity index (χ2n) is 8.82. The van der Waals surface area contributed by atoms with Gasteiger partial charge in [-0.15, -0.1) is 0 Å². The number of hydrogen-bond donors (Lipinski definition) is 1. The molecule has 0 radical (unpaired) electrons. The summed E-state index contributed by atoms with van der Waals surface area (Å²) in [6, 6.07) is 4.61. The van der Waals surface area contributed by atoms with Crippen LogP contribution in [0.3, 0.4) is 0 Å². The highest BCUT2D eigenvalue weighted by Gasteiger charge is 2.21. The Balaban J connectivity index is 2.25. The van der Waals surface area contributed by atoms with Crippen molar-refractivity contribution in [1.82, 2.24) is 14.8 Å². The molecule has 0 aliphatic carbocycles. The Kier molecular flexibility index (Phi) is 9.89. The van der Waals surface area contributed by atoms with Crippen LogP contribution in [0.25, 0.3) is 5.57 Å². The Morgan fingerprint density at radius 2 is 1.76 bits per heavy atom. The number of halogens is 3. The number of hydrogen-bond acceptors (Lipinski definition) is 5. The van der Waals surface area contributed by atoms with Crippen molar-refractivity contribution in [2.24, 2.45) is 0 Å². The number of benzene rings is 1. The van der Waals surface area contributed by atoms with Crippen LogP contribution in [0, 0.1) is 11.6 Å². The van der Waals surface area contributed by atoms with Gasteiger partial charge in [0.05, 0.1) is 5.02 Å². The van der Waals surface area contributed by atoms with Crippen LogP contribution in [0.1, 0.15) is 51.8 Å². The number of nitrogen functional groups attached to an aromatic ring is 1. The summed E-state index contributed by atoms with van der Waals surface area (Å²) in [5.41, 5.74) is 7.48. The zero-order valence-electron chi connectivity index (χ0n) is 20.8. The average Bonchev–Trinajstić information content (AvgIpc) is 2.76. The lowest BCUT2D eigenvalue weighted by Gasteiger charge is -2.32. The van der Waals surface area contributed by atoms with Gasteiger partial charge in [-0.2, -0.15) is 0 Å². The number of nitrogens with zero attached hydrogens (tertiary/aromatic N) is 3. The zero-order chi connectivity index (χ0) is 25.6. The van der Waals surface area contributed by atoms with Crippen molar-refractivity contribution in [2.45, 2.75) is 52.8 Å². The molecule has 0 amide bonds. The fourth-order valence-corrected chi connectivity index (χ4v) is 4.11. The molecule has 1 atom stereocenters. The van der Waals surface area contributed by atoms with E-state index in [1.54, 1.807) is 25.3 Å². The summed E-state index contributed by atoms with van der Waals surface area (Å²) in [4.78, 5) is 8.74. The van der Waals surface area contributed by atoms with E-state index in [2.05, 4.69) is 49.1 Å². The van der Waals surface area contributed by atoms with Crippen LogP contribution in [0.5, 0.6) is 5.75 Å². The highest BCUT2D eigenvalue weighted by Crippen LogP contribution is 2.34. The molecule has 0 spiro atoms. The number of pyridine rings is 1. The average molecular weight is 493 g/mol. The first kappa shape index (κ1) is 27.6. The van der Waals surface area contributed by atoms with Crippen LogP contribution in [0.4, 0.5) is 14.6 Å². The molecule has 2 aromatic rings. The second kappa shape index (κ2) is 12.2. The van der Waals surface area contributed by atoms with Crippen LogP contribution in [0.15, 0.2) is 43.3 Å². The molecular weight excluding hydrogens is 458 g/mol. The van der Waals surface area contributed by atoms with E-state index in [0.29, 0.717) is 12.1 Å². The van der Waals surface area contributed by atoms with Crippen molar-refractivity contribution in [3.63, 3.8) is 0 Å². The van der Waals surface area contributed by atoms with Gasteiger partial charge in [0.15, 0.2) is 11.6 Å². The van der Waals surface area contributed by atoms with Crippen molar-refractivity contribution in [1.29, 1.82) is 0 Å². The third-order valence-electron chi connectivity index (χ3n) is 5.62. The van der Waals surface area contributed by atoms with Crippen LogP contribution >= 0.6 is 11.6 Å². The normalized spacial score (nSPS) is 13.0. The van der Waals surface area contributed by atoms with E-state index in [0.717, 1.165) is 36.4 Å². The Morgan fingerprint density at radius 1 is 1.15 bits per heavy atom. The Morgan fingerprint density at radius 3 is 2.35 bits per heavy atom. The first-order chi connectivity index (χ1) is 16.0. The molecule has 2 rings (SSSR count). The maximum Gasteiger partial charge on any atom is 0.166 e. The second-order valence-corrected chi connectivity index (χ2v) is 9.20. The molecule has 0 saturated heterocycles. The zero-order valence-corrected chi connectivity index (χ0v) is 21.5. The number of aromatic nitrogens is 1. The first-order valence-corrected chi connectivity index (χ1v) is 11.7. The van der Waals surface area contributed by atoms with E-state index < -0.39 is 17.7 Å². The largest absolute Gasteiger partial charge is 0.482 e. The molecule has 1 aromatic heterocycles. The molecule has 2 N–H and O–H groups in total. The number of nitrogens with two attached hydrogens (primary N) is 1. The third-order valence-corrected chi connectivity index (χ3v) is 6.01. The van der Waals surface area contributed by atoms with Crippen molar-refractivity contribution in [3.05, 3.63) is 71.0 Å². The van der Waals surface area contributed by atoms with E-state index in [9.17, 15) is 8.78 Å². The molecule has 5 nitrogen and oxygen atoms in total. The standard InChI is InChI=1S/C26H35ClF2N4O/c1-8-19(15-32(7)11-12-33(16(2)3)17(4)5)20-13-23(26(30)31-14-20)34-18(6)24-21(28)9-10-22(29)25(24)27/h8-10,13-18H,1,11-12H2,2-7H3,(H2,30,31)/b19-15+. The lowest BCUT2D eigenvalue weighted by molar-refractivity contribution is 0.163. The third kappa shape index (κ3) is 6.93. The maximum absolute atomic E-state index is 14.3. The lowest BCUT2D eigenvalue weighted by Crippen LogP contribution is -2.41. The minimum Gasteiger partial charge on any atom is -0.482 e. The number of anilines is 1. The highest BCUT2D eigenvalue weighted by atomic mass is 35.5. The smallest absolute Gasteiger partial charge is 0.166 e. The highest BCUT2D eigenvalue weighted by molar-refractivity contribution is 6.31. The molecule has 0 aliphatic rings. The van der Waals surface area contributed by atoms with Gasteiger partial charge in [-0.05, 0) is 58.4 Å². The minimum absolute atomic E-state index is 0.0782. The van der Waals surface area contributed by atoms with Gasteiger partial charge in [0.25, 0.3) is 0 Å². The summed E-state index contributed by atoms with van der Waals surface area (Å²) < 4.78 is 34.0. The SMILES string of the molecule is C=C/C(=C\N(C)CCN(C(C)C)C(C)C)c1cnc(N)c(OC(C)c2c(F)ccc(F)c2Cl)c1. The van der Waals surface area contributed by atoms with E-state index in [1.807, 2.05) is 13.2 Å². The minimum atomic E-state index is -0.889. The van der Waals surface area contributed by atoms with Gasteiger partial charge in [-0.1, -0.05) is 24.3 Å². The van der Waals surface area contributed by atoms with Gasteiger partial charge in [0.1, 0.15) is 17.7 Å². The topological polar surface area (TPSA) is 54.6 Å². The molecule has 0 bridgehead atoms. The van der Waals surface area contributed by atoms with Gasteiger partial charge >= 0.3 is 0 Å². The fourth-order valence-electron chi connectivity index (χ4n) is 3.81. The monoisotopic (exact) mass is 492 g/mol. The molecule has 34 heavy (non-hydrogen) atoms. The molecule has 1 unspecified atom stereocenters. The molecule has 8 heteroatoms. The number of likely N-dealkylation sites (N-methyl/N-ethyl adjacent to an activating group) is 1. The summed E-state index contributed by atoms with van der Waals surface area (Å²) in [7, 11) is 2.00. The predicted octanol–water partition coefficient (Wildman–Crippen LogP) is 6.31. The van der Waals surface area contributed by atoms with Crippen molar-refractivity contribution < 1.29 is 13.5 Å². The predicted molar refractivity (Wildman–Crippen MR) is 137 cm³/mol. The quantitative estimate of drug-likeness (QED) is 0.294. The molecule has 1 heterocycles. The molecule has 0 fully saturated rings. The van der Waals surface area contributed by atoms with Gasteiger partial charge in [-0.3, -0.25) is 4.90 Å². The van der Waals surface area contributed by atoms with Gasteiger partial charge in [0.2, 0.25) is 0 Å². The lowest BCUT2D eigenvalue weighted by atomic mass is 10.1. The molecule has 0 aliphatic heterocycles. The molecule has 186 valence electrons.